The fraction of sp³-hybridized carbons (Fsp3) is 0.235. The minimum absolute atomic E-state index is 0.355. The molecule has 0 radical (unpaired) electrons. The van der Waals surface area contributed by atoms with Gasteiger partial charge in [0.25, 0.3) is 0 Å². The maximum atomic E-state index is 11.2. The monoisotopic (exact) mass is 374 g/mol. The van der Waals surface area contributed by atoms with Crippen molar-refractivity contribution in [3.8, 4) is 16.2 Å². The molecular formula is C17H14N2O3Se. The van der Waals surface area contributed by atoms with Crippen LogP contribution in [0.1, 0.15) is 39.6 Å². The molecule has 0 amide bonds. The molecule has 23 heavy (non-hydrogen) atoms. The molecule has 0 saturated heterocycles. The molecule has 1 aromatic carbocycles. The number of fused-ring (bicyclic) bond motifs is 1. The zero-order chi connectivity index (χ0) is 16.6. The molecule has 5 nitrogen and oxygen atoms in total. The van der Waals surface area contributed by atoms with Crippen LogP contribution in [0.4, 0.5) is 0 Å². The Balaban J connectivity index is 2.16. The zero-order valence-corrected chi connectivity index (χ0v) is 14.4. The second-order valence-electron chi connectivity index (χ2n) is 5.26. The molecule has 1 N–H and O–H groups in total. The predicted octanol–water partition coefficient (Wildman–Crippen LogP) is 3.38. The Morgan fingerprint density at radius 2 is 2.22 bits per heavy atom. The number of nitriles is 1. The van der Waals surface area contributed by atoms with Crippen molar-refractivity contribution in [2.24, 2.45) is 0 Å². The Labute approximate surface area is 138 Å². The molecule has 0 unspecified atom stereocenters. The molecular weight excluding hydrogens is 359 g/mol. The van der Waals surface area contributed by atoms with Gasteiger partial charge in [-0.25, -0.2) is 0 Å². The van der Waals surface area contributed by atoms with Crippen LogP contribution < -0.4 is 0 Å². The number of aromatic nitrogens is 1. The molecule has 0 fully saturated rings. The molecule has 0 aliphatic rings. The van der Waals surface area contributed by atoms with Crippen molar-refractivity contribution in [1.82, 2.24) is 4.98 Å². The summed E-state index contributed by atoms with van der Waals surface area (Å²) < 4.78 is 6.87. The van der Waals surface area contributed by atoms with E-state index in [-0.39, 0.29) is 14.5 Å². The molecule has 2 heterocycles. The van der Waals surface area contributed by atoms with Gasteiger partial charge in [0.15, 0.2) is 0 Å². The van der Waals surface area contributed by atoms with Crippen molar-refractivity contribution < 1.29 is 14.3 Å². The second kappa shape index (κ2) is 6.04. The third-order valence-corrected chi connectivity index (χ3v) is 6.03. The summed E-state index contributed by atoms with van der Waals surface area (Å²) in [6, 6.07) is 7.78. The number of hydrogen-bond donors (Lipinski definition) is 1. The average molecular weight is 373 g/mol. The Kier molecular flexibility index (Phi) is 4.08. The summed E-state index contributed by atoms with van der Waals surface area (Å²) >= 11 is -0.355. The van der Waals surface area contributed by atoms with E-state index in [0.29, 0.717) is 21.3 Å². The number of furan rings is 1. The average Bonchev–Trinajstić information content (AvgIpc) is 3.09. The van der Waals surface area contributed by atoms with Gasteiger partial charge in [-0.15, -0.1) is 0 Å². The molecule has 0 bridgehead atoms. The van der Waals surface area contributed by atoms with Gasteiger partial charge in [0.2, 0.25) is 0 Å². The first-order valence-electron chi connectivity index (χ1n) is 7.21. The minimum atomic E-state index is -0.920. The van der Waals surface area contributed by atoms with Crippen LogP contribution in [0.2, 0.25) is 0 Å². The predicted molar refractivity (Wildman–Crippen MR) is 86.8 cm³/mol. The third kappa shape index (κ3) is 2.81. The van der Waals surface area contributed by atoms with Crippen molar-refractivity contribution in [3.63, 3.8) is 0 Å². The van der Waals surface area contributed by atoms with Gasteiger partial charge in [0, 0.05) is 0 Å². The zero-order valence-electron chi connectivity index (χ0n) is 12.7. The van der Waals surface area contributed by atoms with Crippen LogP contribution in [-0.4, -0.2) is 30.6 Å². The van der Waals surface area contributed by atoms with Crippen LogP contribution in [0.5, 0.6) is 0 Å². The van der Waals surface area contributed by atoms with E-state index in [1.54, 1.807) is 13.0 Å². The summed E-state index contributed by atoms with van der Waals surface area (Å²) in [5.41, 5.74) is 2.40. The van der Waals surface area contributed by atoms with Crippen molar-refractivity contribution >= 4 is 31.4 Å². The molecule has 0 atom stereocenters. The quantitative estimate of drug-likeness (QED) is 0.709. The van der Waals surface area contributed by atoms with Crippen LogP contribution in [0.3, 0.4) is 0 Å². The normalized spacial score (nSPS) is 10.8. The van der Waals surface area contributed by atoms with Gasteiger partial charge in [-0.1, -0.05) is 0 Å². The number of aryl methyl sites for hydroxylation is 2. The first-order valence-corrected chi connectivity index (χ1v) is 8.92. The molecule has 0 spiro atoms. The number of rotatable bonds is 4. The summed E-state index contributed by atoms with van der Waals surface area (Å²) in [5, 5.41) is 19.4. The van der Waals surface area contributed by atoms with E-state index < -0.39 is 5.97 Å². The van der Waals surface area contributed by atoms with Crippen LogP contribution in [0, 0.1) is 18.3 Å². The summed E-state index contributed by atoms with van der Waals surface area (Å²) in [6.45, 7) is 3.78. The molecule has 0 aliphatic carbocycles. The van der Waals surface area contributed by atoms with Crippen molar-refractivity contribution in [1.29, 1.82) is 5.26 Å². The van der Waals surface area contributed by atoms with E-state index in [0.717, 1.165) is 34.1 Å². The molecule has 0 aliphatic heterocycles. The third-order valence-electron chi connectivity index (χ3n) is 3.52. The van der Waals surface area contributed by atoms with Gasteiger partial charge in [-0.3, -0.25) is 0 Å². The Morgan fingerprint density at radius 3 is 2.83 bits per heavy atom. The van der Waals surface area contributed by atoms with E-state index in [1.165, 1.54) is 0 Å². The number of carboxylic acids is 1. The van der Waals surface area contributed by atoms with Gasteiger partial charge in [-0.2, -0.15) is 0 Å². The first-order chi connectivity index (χ1) is 11.0. The molecule has 116 valence electrons. The number of hydrogen-bond acceptors (Lipinski definition) is 4. The van der Waals surface area contributed by atoms with Crippen molar-refractivity contribution in [3.05, 3.63) is 39.7 Å². The summed E-state index contributed by atoms with van der Waals surface area (Å²) in [5.74, 6) is -0.0630. The molecule has 2 aromatic heterocycles. The van der Waals surface area contributed by atoms with Crippen molar-refractivity contribution in [2.45, 2.75) is 26.7 Å². The number of aromatic carboxylic acids is 1. The van der Waals surface area contributed by atoms with Gasteiger partial charge in [0.05, 0.1) is 0 Å². The summed E-state index contributed by atoms with van der Waals surface area (Å²) in [4.78, 5) is 15.6. The molecule has 0 saturated carbocycles. The van der Waals surface area contributed by atoms with E-state index in [2.05, 4.69) is 18.0 Å². The number of nitrogens with zero attached hydrogens (tertiary/aromatic N) is 2. The SMILES string of the molecule is CCCc1cc2cc(-c3nc(C)c(C(=O)O)[se]3)cc(C#N)c2o1. The van der Waals surface area contributed by atoms with E-state index in [9.17, 15) is 15.2 Å². The number of benzene rings is 1. The number of carbonyl (C=O) groups is 1. The topological polar surface area (TPSA) is 87.1 Å². The van der Waals surface area contributed by atoms with Crippen LogP contribution in [-0.2, 0) is 6.42 Å². The molecule has 3 aromatic rings. The molecule has 6 heteroatoms. The molecule has 3 rings (SSSR count). The van der Waals surface area contributed by atoms with Gasteiger partial charge < -0.3 is 0 Å². The first kappa shape index (κ1) is 15.5. The Bertz CT molecular complexity index is 947. The van der Waals surface area contributed by atoms with E-state index in [4.69, 9.17) is 4.42 Å². The maximum absolute atomic E-state index is 11.2. The van der Waals surface area contributed by atoms with Gasteiger partial charge in [0.1, 0.15) is 0 Å². The summed E-state index contributed by atoms with van der Waals surface area (Å²) in [7, 11) is 0. The van der Waals surface area contributed by atoms with E-state index >= 15 is 0 Å². The summed E-state index contributed by atoms with van der Waals surface area (Å²) in [6.07, 6.45) is 1.79. The van der Waals surface area contributed by atoms with Crippen molar-refractivity contribution in [2.75, 3.05) is 0 Å². The Morgan fingerprint density at radius 1 is 1.43 bits per heavy atom. The Hall–Kier alpha value is -2.35. The second-order valence-corrected chi connectivity index (χ2v) is 7.35. The van der Waals surface area contributed by atoms with Crippen LogP contribution >= 0.6 is 0 Å². The standard InChI is InChI=1S/C17H14N2O3Se/c1-3-4-13-7-10-5-11(6-12(8-18)14(10)22-13)16-19-9(2)15(23-16)17(20)21/h5-7H,3-4H2,1-2H3,(H,20,21). The van der Waals surface area contributed by atoms with Gasteiger partial charge in [-0.05, 0) is 0 Å². The van der Waals surface area contributed by atoms with Gasteiger partial charge >= 0.3 is 139 Å². The van der Waals surface area contributed by atoms with Crippen LogP contribution in [0.25, 0.3) is 21.1 Å². The fourth-order valence-corrected chi connectivity index (χ4v) is 4.37. The van der Waals surface area contributed by atoms with E-state index in [1.807, 2.05) is 12.1 Å². The number of carboxylic acid groups (broad SMARTS) is 1. The fourth-order valence-electron chi connectivity index (χ4n) is 2.50. The van der Waals surface area contributed by atoms with Crippen LogP contribution in [0.15, 0.2) is 22.6 Å².